The molecule has 0 unspecified atom stereocenters. The molecule has 96 valence electrons. The van der Waals surface area contributed by atoms with E-state index in [1.54, 1.807) is 18.2 Å². The number of carboxylic acids is 1. The Hall–Kier alpha value is -2.04. The molecule has 0 atom stereocenters. The Morgan fingerprint density at radius 1 is 1.17 bits per heavy atom. The normalized spacial score (nSPS) is 16.6. The number of hydrogen-bond donors (Lipinski definition) is 2. The second-order valence-corrected chi connectivity index (χ2v) is 4.47. The smallest absolute Gasteiger partial charge is 0.407 e. The van der Waals surface area contributed by atoms with Gasteiger partial charge in [0.15, 0.2) is 0 Å². The van der Waals surface area contributed by atoms with Gasteiger partial charge in [0, 0.05) is 13.1 Å². The van der Waals surface area contributed by atoms with Crippen molar-refractivity contribution in [3.8, 4) is 0 Å². The van der Waals surface area contributed by atoms with Gasteiger partial charge < -0.3 is 15.1 Å². The zero-order valence-electron chi connectivity index (χ0n) is 9.87. The average Bonchev–Trinajstić information content (AvgIpc) is 2.39. The fraction of sp³-hybridized carbons (Fsp3) is 0.385. The molecule has 0 saturated carbocycles. The molecular formula is C13H15NO4. The molecule has 1 aliphatic heterocycles. The van der Waals surface area contributed by atoms with Crippen LogP contribution < -0.4 is 0 Å². The van der Waals surface area contributed by atoms with E-state index in [9.17, 15) is 9.59 Å². The number of hydrogen-bond acceptors (Lipinski definition) is 2. The summed E-state index contributed by atoms with van der Waals surface area (Å²) >= 11 is 0. The van der Waals surface area contributed by atoms with E-state index in [0.29, 0.717) is 13.1 Å². The summed E-state index contributed by atoms with van der Waals surface area (Å²) in [6.07, 6.45) is 0.609. The molecule has 5 heteroatoms. The van der Waals surface area contributed by atoms with Gasteiger partial charge in [-0.1, -0.05) is 12.1 Å². The first kappa shape index (κ1) is 12.4. The van der Waals surface area contributed by atoms with Crippen LogP contribution in [0.1, 0.15) is 34.7 Å². The van der Waals surface area contributed by atoms with Crippen LogP contribution in [0.4, 0.5) is 4.79 Å². The van der Waals surface area contributed by atoms with Crippen LogP contribution in [0.25, 0.3) is 0 Å². The molecule has 0 radical (unpaired) electrons. The van der Waals surface area contributed by atoms with Gasteiger partial charge in [0.2, 0.25) is 0 Å². The van der Waals surface area contributed by atoms with Crippen LogP contribution in [0, 0.1) is 0 Å². The van der Waals surface area contributed by atoms with Gasteiger partial charge in [-0.25, -0.2) is 9.59 Å². The fourth-order valence-corrected chi connectivity index (χ4v) is 2.33. The summed E-state index contributed by atoms with van der Waals surface area (Å²) < 4.78 is 0. The third-order valence-electron chi connectivity index (χ3n) is 3.37. The van der Waals surface area contributed by atoms with Crippen molar-refractivity contribution in [2.45, 2.75) is 18.8 Å². The molecule has 1 heterocycles. The van der Waals surface area contributed by atoms with Crippen molar-refractivity contribution in [1.82, 2.24) is 4.90 Å². The van der Waals surface area contributed by atoms with Gasteiger partial charge in [0.05, 0.1) is 5.56 Å². The molecule has 5 nitrogen and oxygen atoms in total. The van der Waals surface area contributed by atoms with E-state index in [1.165, 1.54) is 4.90 Å². The van der Waals surface area contributed by atoms with Crippen molar-refractivity contribution in [2.75, 3.05) is 13.1 Å². The zero-order chi connectivity index (χ0) is 13.1. The summed E-state index contributed by atoms with van der Waals surface area (Å²) in [4.78, 5) is 23.1. The number of piperidine rings is 1. The van der Waals surface area contributed by atoms with Gasteiger partial charge in [-0.15, -0.1) is 0 Å². The minimum Gasteiger partial charge on any atom is -0.478 e. The largest absolute Gasteiger partial charge is 0.478 e. The number of nitrogens with zero attached hydrogens (tertiary/aromatic N) is 1. The third kappa shape index (κ3) is 2.61. The number of aromatic carboxylic acids is 1. The van der Waals surface area contributed by atoms with Crippen molar-refractivity contribution >= 4 is 12.1 Å². The molecule has 0 aliphatic carbocycles. The van der Waals surface area contributed by atoms with Crippen LogP contribution in [0.15, 0.2) is 24.3 Å². The SMILES string of the molecule is O=C(O)c1cccc(C2CCN(C(=O)O)CC2)c1. The summed E-state index contributed by atoms with van der Waals surface area (Å²) in [5.74, 6) is -0.681. The van der Waals surface area contributed by atoms with Gasteiger partial charge in [0.25, 0.3) is 0 Å². The predicted octanol–water partition coefficient (Wildman–Crippen LogP) is 2.24. The lowest BCUT2D eigenvalue weighted by Gasteiger charge is -2.30. The molecule has 1 saturated heterocycles. The van der Waals surface area contributed by atoms with E-state index in [1.807, 2.05) is 6.07 Å². The molecular weight excluding hydrogens is 234 g/mol. The van der Waals surface area contributed by atoms with Gasteiger partial charge in [0.1, 0.15) is 0 Å². The Balaban J connectivity index is 2.07. The van der Waals surface area contributed by atoms with E-state index in [-0.39, 0.29) is 11.5 Å². The topological polar surface area (TPSA) is 77.8 Å². The van der Waals surface area contributed by atoms with Crippen LogP contribution in [-0.4, -0.2) is 40.3 Å². The van der Waals surface area contributed by atoms with E-state index >= 15 is 0 Å². The Labute approximate surface area is 105 Å². The number of amides is 1. The van der Waals surface area contributed by atoms with E-state index in [0.717, 1.165) is 18.4 Å². The Bertz CT molecular complexity index is 464. The summed E-state index contributed by atoms with van der Waals surface area (Å²) in [5.41, 5.74) is 1.27. The van der Waals surface area contributed by atoms with Gasteiger partial charge >= 0.3 is 12.1 Å². The lowest BCUT2D eigenvalue weighted by Crippen LogP contribution is -2.36. The van der Waals surface area contributed by atoms with Crippen molar-refractivity contribution in [1.29, 1.82) is 0 Å². The summed E-state index contributed by atoms with van der Waals surface area (Å²) in [6.45, 7) is 1.02. The van der Waals surface area contributed by atoms with Crippen molar-refractivity contribution in [2.24, 2.45) is 0 Å². The highest BCUT2D eigenvalue weighted by molar-refractivity contribution is 5.87. The maximum absolute atomic E-state index is 10.9. The molecule has 0 spiro atoms. The fourth-order valence-electron chi connectivity index (χ4n) is 2.33. The summed E-state index contributed by atoms with van der Waals surface area (Å²) in [6, 6.07) is 6.90. The summed E-state index contributed by atoms with van der Waals surface area (Å²) in [5, 5.41) is 17.8. The lowest BCUT2D eigenvalue weighted by atomic mass is 9.89. The van der Waals surface area contributed by atoms with Crippen LogP contribution in [0.2, 0.25) is 0 Å². The van der Waals surface area contributed by atoms with Gasteiger partial charge in [-0.2, -0.15) is 0 Å². The first-order chi connectivity index (χ1) is 8.58. The second-order valence-electron chi connectivity index (χ2n) is 4.47. The van der Waals surface area contributed by atoms with Crippen LogP contribution in [0.5, 0.6) is 0 Å². The van der Waals surface area contributed by atoms with Crippen molar-refractivity contribution in [3.05, 3.63) is 35.4 Å². The number of rotatable bonds is 2. The number of carbonyl (C=O) groups is 2. The molecule has 1 aliphatic rings. The summed E-state index contributed by atoms with van der Waals surface area (Å²) in [7, 11) is 0. The second kappa shape index (κ2) is 5.08. The zero-order valence-corrected chi connectivity index (χ0v) is 9.87. The van der Waals surface area contributed by atoms with E-state index in [4.69, 9.17) is 10.2 Å². The molecule has 2 N–H and O–H groups in total. The van der Waals surface area contributed by atoms with E-state index in [2.05, 4.69) is 0 Å². The highest BCUT2D eigenvalue weighted by Crippen LogP contribution is 2.28. The number of benzene rings is 1. The Morgan fingerprint density at radius 3 is 2.39 bits per heavy atom. The van der Waals surface area contributed by atoms with Gasteiger partial charge in [-0.05, 0) is 36.5 Å². The lowest BCUT2D eigenvalue weighted by molar-refractivity contribution is 0.0696. The van der Waals surface area contributed by atoms with Crippen LogP contribution in [-0.2, 0) is 0 Å². The highest BCUT2D eigenvalue weighted by Gasteiger charge is 2.23. The van der Waals surface area contributed by atoms with Crippen molar-refractivity contribution < 1.29 is 19.8 Å². The molecule has 2 rings (SSSR count). The molecule has 1 aromatic rings. The Kier molecular flexibility index (Phi) is 3.50. The Morgan fingerprint density at radius 2 is 1.83 bits per heavy atom. The standard InChI is InChI=1S/C13H15NO4/c15-12(16)11-3-1-2-10(8-11)9-4-6-14(7-5-9)13(17)18/h1-3,8-9H,4-7H2,(H,15,16)(H,17,18). The maximum Gasteiger partial charge on any atom is 0.407 e. The first-order valence-corrected chi connectivity index (χ1v) is 5.89. The van der Waals surface area contributed by atoms with E-state index < -0.39 is 12.1 Å². The maximum atomic E-state index is 10.9. The molecule has 1 amide bonds. The highest BCUT2D eigenvalue weighted by atomic mass is 16.4. The minimum atomic E-state index is -0.931. The van der Waals surface area contributed by atoms with Crippen molar-refractivity contribution in [3.63, 3.8) is 0 Å². The van der Waals surface area contributed by atoms with Crippen LogP contribution >= 0.6 is 0 Å². The quantitative estimate of drug-likeness (QED) is 0.842. The monoisotopic (exact) mass is 249 g/mol. The number of carboxylic acid groups (broad SMARTS) is 2. The first-order valence-electron chi connectivity index (χ1n) is 5.89. The predicted molar refractivity (Wildman–Crippen MR) is 65.0 cm³/mol. The molecule has 0 bridgehead atoms. The molecule has 0 aromatic heterocycles. The minimum absolute atomic E-state index is 0.250. The molecule has 1 fully saturated rings. The van der Waals surface area contributed by atoms with Crippen LogP contribution in [0.3, 0.4) is 0 Å². The molecule has 18 heavy (non-hydrogen) atoms. The number of likely N-dealkylation sites (tertiary alicyclic amines) is 1. The average molecular weight is 249 g/mol. The third-order valence-corrected chi connectivity index (χ3v) is 3.37. The van der Waals surface area contributed by atoms with Gasteiger partial charge in [-0.3, -0.25) is 0 Å². The molecule has 1 aromatic carbocycles.